The van der Waals surface area contributed by atoms with Gasteiger partial charge in [-0.1, -0.05) is 6.92 Å². The van der Waals surface area contributed by atoms with Gasteiger partial charge >= 0.3 is 6.03 Å². The Morgan fingerprint density at radius 3 is 3.18 bits per heavy atom. The standard InChI is InChI=1S/C15H21N5OS/c1-2-12-8-18-13(22-12)9-19-15(21)20-7-3-4-11(10-20)14-16-5-6-17-14/h5-6,8,11H,2-4,7,9-10H2,1H3,(H,16,17)(H,19,21)/t11-/m0/s1. The van der Waals surface area contributed by atoms with Gasteiger partial charge in [-0.05, 0) is 19.3 Å². The lowest BCUT2D eigenvalue weighted by molar-refractivity contribution is 0.178. The molecule has 0 saturated carbocycles. The van der Waals surface area contributed by atoms with Gasteiger partial charge in [0.25, 0.3) is 0 Å². The number of urea groups is 1. The van der Waals surface area contributed by atoms with Crippen LogP contribution in [-0.4, -0.2) is 39.0 Å². The van der Waals surface area contributed by atoms with Gasteiger partial charge in [-0.3, -0.25) is 0 Å². The summed E-state index contributed by atoms with van der Waals surface area (Å²) in [7, 11) is 0. The summed E-state index contributed by atoms with van der Waals surface area (Å²) in [5.74, 6) is 1.28. The molecule has 3 heterocycles. The minimum atomic E-state index is -0.00972. The molecular formula is C15H21N5OS. The molecule has 2 amide bonds. The molecule has 6 nitrogen and oxygen atoms in total. The molecule has 2 aromatic heterocycles. The van der Waals surface area contributed by atoms with Crippen LogP contribution in [0.1, 0.15) is 41.4 Å². The first kappa shape index (κ1) is 15.0. The molecule has 1 saturated heterocycles. The van der Waals surface area contributed by atoms with Crippen molar-refractivity contribution < 1.29 is 4.79 Å². The Hall–Kier alpha value is -1.89. The number of carbonyl (C=O) groups is 1. The maximum Gasteiger partial charge on any atom is 0.317 e. The van der Waals surface area contributed by atoms with Crippen LogP contribution >= 0.6 is 11.3 Å². The molecule has 0 spiro atoms. The van der Waals surface area contributed by atoms with E-state index < -0.39 is 0 Å². The monoisotopic (exact) mass is 319 g/mol. The highest BCUT2D eigenvalue weighted by Gasteiger charge is 2.26. The first-order valence-corrected chi connectivity index (χ1v) is 8.53. The number of H-pyrrole nitrogens is 1. The van der Waals surface area contributed by atoms with Crippen LogP contribution in [-0.2, 0) is 13.0 Å². The molecule has 1 atom stereocenters. The Morgan fingerprint density at radius 2 is 2.45 bits per heavy atom. The topological polar surface area (TPSA) is 73.9 Å². The summed E-state index contributed by atoms with van der Waals surface area (Å²) < 4.78 is 0. The van der Waals surface area contributed by atoms with Gasteiger partial charge in [-0.25, -0.2) is 14.8 Å². The van der Waals surface area contributed by atoms with Crippen LogP contribution in [0.15, 0.2) is 18.6 Å². The number of nitrogens with zero attached hydrogens (tertiary/aromatic N) is 3. The summed E-state index contributed by atoms with van der Waals surface area (Å²) >= 11 is 1.66. The average molecular weight is 319 g/mol. The van der Waals surface area contributed by atoms with E-state index in [4.69, 9.17) is 0 Å². The number of aryl methyl sites for hydroxylation is 1. The molecule has 0 aliphatic carbocycles. The average Bonchev–Trinajstić information content (AvgIpc) is 3.24. The predicted octanol–water partition coefficient (Wildman–Crippen LogP) is 2.52. The van der Waals surface area contributed by atoms with Crippen molar-refractivity contribution in [3.63, 3.8) is 0 Å². The zero-order valence-electron chi connectivity index (χ0n) is 12.7. The molecule has 0 aromatic carbocycles. The summed E-state index contributed by atoms with van der Waals surface area (Å²) in [6.07, 6.45) is 8.56. The van der Waals surface area contributed by atoms with Crippen LogP contribution in [0.3, 0.4) is 0 Å². The second kappa shape index (κ2) is 6.91. The van der Waals surface area contributed by atoms with E-state index in [1.54, 1.807) is 17.5 Å². The van der Waals surface area contributed by atoms with Crippen molar-refractivity contribution in [2.24, 2.45) is 0 Å². The molecule has 118 valence electrons. The largest absolute Gasteiger partial charge is 0.348 e. The molecule has 0 radical (unpaired) electrons. The summed E-state index contributed by atoms with van der Waals surface area (Å²) in [6, 6.07) is -0.00972. The van der Waals surface area contributed by atoms with Crippen molar-refractivity contribution in [1.29, 1.82) is 0 Å². The van der Waals surface area contributed by atoms with Crippen LogP contribution in [0, 0.1) is 0 Å². The number of imidazole rings is 1. The number of nitrogens with one attached hydrogen (secondary N) is 2. The predicted molar refractivity (Wildman–Crippen MR) is 85.9 cm³/mol. The number of rotatable bonds is 4. The Labute approximate surface area is 134 Å². The van der Waals surface area contributed by atoms with Crippen molar-refractivity contribution in [2.75, 3.05) is 13.1 Å². The van der Waals surface area contributed by atoms with Crippen LogP contribution in [0.2, 0.25) is 0 Å². The number of thiazole rings is 1. The molecule has 3 rings (SSSR count). The second-order valence-electron chi connectivity index (χ2n) is 5.49. The lowest BCUT2D eigenvalue weighted by atomic mass is 9.98. The van der Waals surface area contributed by atoms with E-state index in [0.29, 0.717) is 12.5 Å². The smallest absolute Gasteiger partial charge is 0.317 e. The van der Waals surface area contributed by atoms with Gasteiger partial charge in [0, 0.05) is 42.5 Å². The zero-order chi connectivity index (χ0) is 15.4. The third-order valence-corrected chi connectivity index (χ3v) is 5.10. The summed E-state index contributed by atoms with van der Waals surface area (Å²) in [4.78, 5) is 27.3. The van der Waals surface area contributed by atoms with E-state index in [1.807, 2.05) is 17.3 Å². The molecule has 0 unspecified atom stereocenters. The van der Waals surface area contributed by atoms with Gasteiger partial charge in [0.1, 0.15) is 10.8 Å². The third-order valence-electron chi connectivity index (χ3n) is 3.96. The van der Waals surface area contributed by atoms with Gasteiger partial charge in [-0.15, -0.1) is 11.3 Å². The Morgan fingerprint density at radius 1 is 1.55 bits per heavy atom. The number of amides is 2. The lowest BCUT2D eigenvalue weighted by Crippen LogP contribution is -2.44. The van der Waals surface area contributed by atoms with Gasteiger partial charge in [0.15, 0.2) is 0 Å². The fourth-order valence-corrected chi connectivity index (χ4v) is 3.54. The Balaban J connectivity index is 1.53. The Bertz CT molecular complexity index is 609. The van der Waals surface area contributed by atoms with Crippen molar-refractivity contribution >= 4 is 17.4 Å². The van der Waals surface area contributed by atoms with Crippen LogP contribution in [0.5, 0.6) is 0 Å². The molecule has 2 N–H and O–H groups in total. The van der Waals surface area contributed by atoms with Gasteiger partial charge in [-0.2, -0.15) is 0 Å². The highest BCUT2D eigenvalue weighted by atomic mass is 32.1. The maximum atomic E-state index is 12.3. The third kappa shape index (κ3) is 3.47. The van der Waals surface area contributed by atoms with Gasteiger partial charge < -0.3 is 15.2 Å². The van der Waals surface area contributed by atoms with Crippen molar-refractivity contribution in [3.05, 3.63) is 34.3 Å². The molecular weight excluding hydrogens is 298 g/mol. The highest BCUT2D eigenvalue weighted by molar-refractivity contribution is 7.11. The van der Waals surface area contributed by atoms with E-state index in [-0.39, 0.29) is 6.03 Å². The number of carbonyl (C=O) groups excluding carboxylic acids is 1. The number of hydrogen-bond donors (Lipinski definition) is 2. The zero-order valence-corrected chi connectivity index (χ0v) is 13.5. The molecule has 0 bridgehead atoms. The second-order valence-corrected chi connectivity index (χ2v) is 6.69. The molecule has 2 aromatic rings. The van der Waals surface area contributed by atoms with Gasteiger partial charge in [0.05, 0.1) is 6.54 Å². The number of likely N-dealkylation sites (tertiary alicyclic amines) is 1. The van der Waals surface area contributed by atoms with Crippen molar-refractivity contribution in [1.82, 2.24) is 25.2 Å². The van der Waals surface area contributed by atoms with Crippen molar-refractivity contribution in [3.8, 4) is 0 Å². The number of hydrogen-bond acceptors (Lipinski definition) is 4. The summed E-state index contributed by atoms with van der Waals surface area (Å²) in [5.41, 5.74) is 0. The minimum Gasteiger partial charge on any atom is -0.348 e. The molecule has 22 heavy (non-hydrogen) atoms. The van der Waals surface area contributed by atoms with Crippen LogP contribution < -0.4 is 5.32 Å². The molecule has 1 aliphatic rings. The van der Waals surface area contributed by atoms with Crippen LogP contribution in [0.4, 0.5) is 4.79 Å². The minimum absolute atomic E-state index is 0.00972. The number of piperidine rings is 1. The molecule has 1 fully saturated rings. The lowest BCUT2D eigenvalue weighted by Gasteiger charge is -2.31. The SMILES string of the molecule is CCc1cnc(CNC(=O)N2CCC[C@H](c3ncc[nH]3)C2)s1. The van der Waals surface area contributed by atoms with Crippen molar-refractivity contribution in [2.45, 2.75) is 38.6 Å². The van der Waals surface area contributed by atoms with E-state index in [2.05, 4.69) is 27.2 Å². The highest BCUT2D eigenvalue weighted by Crippen LogP contribution is 2.24. The fraction of sp³-hybridized carbons (Fsp3) is 0.533. The maximum absolute atomic E-state index is 12.3. The first-order valence-electron chi connectivity index (χ1n) is 7.72. The molecule has 1 aliphatic heterocycles. The van der Waals surface area contributed by atoms with E-state index in [9.17, 15) is 4.79 Å². The fourth-order valence-electron chi connectivity index (χ4n) is 2.74. The van der Waals surface area contributed by atoms with Crippen LogP contribution in [0.25, 0.3) is 0 Å². The van der Waals surface area contributed by atoms with E-state index >= 15 is 0 Å². The first-order chi connectivity index (χ1) is 10.8. The number of aromatic nitrogens is 3. The quantitative estimate of drug-likeness (QED) is 0.909. The van der Waals surface area contributed by atoms with E-state index in [0.717, 1.165) is 43.2 Å². The molecule has 7 heteroatoms. The van der Waals surface area contributed by atoms with E-state index in [1.165, 1.54) is 4.88 Å². The number of aromatic amines is 1. The Kier molecular flexibility index (Phi) is 4.72. The normalized spacial score (nSPS) is 18.4. The van der Waals surface area contributed by atoms with Gasteiger partial charge in [0.2, 0.25) is 0 Å². The summed E-state index contributed by atoms with van der Waals surface area (Å²) in [5, 5.41) is 3.94. The summed E-state index contributed by atoms with van der Waals surface area (Å²) in [6.45, 7) is 4.14.